The highest BCUT2D eigenvalue weighted by atomic mass is 19.1. The highest BCUT2D eigenvalue weighted by molar-refractivity contribution is 5.85. The predicted molar refractivity (Wildman–Crippen MR) is 153 cm³/mol. The fourth-order valence-corrected chi connectivity index (χ4v) is 7.47. The summed E-state index contributed by atoms with van der Waals surface area (Å²) >= 11 is 0. The third-order valence-corrected chi connectivity index (χ3v) is 10.00. The quantitative estimate of drug-likeness (QED) is 0.416. The highest BCUT2D eigenvalue weighted by Crippen LogP contribution is 2.56. The lowest BCUT2D eigenvalue weighted by Crippen LogP contribution is -2.63. The molecular formula is C32H41FN4O6. The summed E-state index contributed by atoms with van der Waals surface area (Å²) in [6.07, 6.45) is 2.75. The van der Waals surface area contributed by atoms with E-state index in [-0.39, 0.29) is 43.9 Å². The highest BCUT2D eigenvalue weighted by Gasteiger charge is 2.57. The zero-order valence-corrected chi connectivity index (χ0v) is 24.8. The predicted octanol–water partition coefficient (Wildman–Crippen LogP) is 3.98. The SMILES string of the molecule is CCOC(=O)[C@@H]1CCCN(C(=O)C23CCC(N(CC(=O)N4C[C@@H](F)C[C@H]4C#N)C(=O)OCc4ccccc4)(CC2)CC3)C1. The first-order valence-electron chi connectivity index (χ1n) is 15.5. The smallest absolute Gasteiger partial charge is 0.411 e. The van der Waals surface area contributed by atoms with Crippen molar-refractivity contribution in [1.82, 2.24) is 14.7 Å². The van der Waals surface area contributed by atoms with E-state index in [2.05, 4.69) is 0 Å². The van der Waals surface area contributed by atoms with Gasteiger partial charge in [0.25, 0.3) is 0 Å². The van der Waals surface area contributed by atoms with Gasteiger partial charge in [-0.2, -0.15) is 5.26 Å². The van der Waals surface area contributed by atoms with Crippen LogP contribution < -0.4 is 0 Å². The van der Waals surface area contributed by atoms with Gasteiger partial charge in [0.2, 0.25) is 11.8 Å². The molecule has 0 unspecified atom stereocenters. The van der Waals surface area contributed by atoms with E-state index in [1.807, 2.05) is 41.3 Å². The molecule has 3 atom stereocenters. The molecule has 0 aromatic heterocycles. The Morgan fingerprint density at radius 2 is 1.74 bits per heavy atom. The van der Waals surface area contributed by atoms with Crippen LogP contribution in [-0.2, 0) is 30.5 Å². The number of hydrogen-bond donors (Lipinski definition) is 0. The van der Waals surface area contributed by atoms with Gasteiger partial charge in [0.1, 0.15) is 25.4 Å². The average molecular weight is 597 g/mol. The number of benzene rings is 1. The molecule has 43 heavy (non-hydrogen) atoms. The Morgan fingerprint density at radius 3 is 2.40 bits per heavy atom. The number of piperidine rings is 1. The fourth-order valence-electron chi connectivity index (χ4n) is 7.47. The molecule has 5 aliphatic rings. The van der Waals surface area contributed by atoms with E-state index >= 15 is 0 Å². The first-order valence-corrected chi connectivity index (χ1v) is 15.5. The van der Waals surface area contributed by atoms with Gasteiger partial charge in [0.15, 0.2) is 0 Å². The maximum atomic E-state index is 14.1. The van der Waals surface area contributed by atoms with E-state index in [9.17, 15) is 28.8 Å². The van der Waals surface area contributed by atoms with Crippen LogP contribution in [0, 0.1) is 22.7 Å². The molecule has 5 fully saturated rings. The number of halogens is 1. The summed E-state index contributed by atoms with van der Waals surface area (Å²) in [7, 11) is 0. The number of esters is 1. The van der Waals surface area contributed by atoms with Gasteiger partial charge in [-0.05, 0) is 63.9 Å². The molecule has 2 saturated heterocycles. The molecule has 10 nitrogen and oxygen atoms in total. The molecule has 3 saturated carbocycles. The minimum absolute atomic E-state index is 0.0377. The maximum Gasteiger partial charge on any atom is 0.411 e. The largest absolute Gasteiger partial charge is 0.466 e. The van der Waals surface area contributed by atoms with Crippen LogP contribution in [-0.4, -0.2) is 89.1 Å². The molecule has 0 N–H and O–H groups in total. The molecule has 6 rings (SSSR count). The Labute approximate surface area is 252 Å². The van der Waals surface area contributed by atoms with E-state index < -0.39 is 35.2 Å². The Bertz CT molecular complexity index is 1230. The Kier molecular flexibility index (Phi) is 9.23. The van der Waals surface area contributed by atoms with Crippen LogP contribution in [0.1, 0.15) is 70.3 Å². The number of hydrogen-bond acceptors (Lipinski definition) is 7. The third kappa shape index (κ3) is 6.34. The standard InChI is InChI=1S/C32H41FN4O6/c1-2-42-28(39)24-9-6-16-35(19-24)29(40)31-10-13-32(14-11-31,15-12-31)37(30(41)43-22-23-7-4-3-5-8-23)21-27(38)36-20-25(33)17-26(36)18-34/h3-5,7-8,24-26H,2,6,9-17,19-22H2,1H3/t24-,25+,26+,31?,32?/m1/s1. The van der Waals surface area contributed by atoms with Crippen molar-refractivity contribution in [3.8, 4) is 6.07 Å². The van der Waals surface area contributed by atoms with Crippen molar-refractivity contribution in [2.75, 3.05) is 32.8 Å². The number of nitrogens with zero attached hydrogens (tertiary/aromatic N) is 4. The lowest BCUT2D eigenvalue weighted by atomic mass is 9.56. The van der Waals surface area contributed by atoms with Gasteiger partial charge in [-0.15, -0.1) is 0 Å². The van der Waals surface area contributed by atoms with Crippen LogP contribution in [0.15, 0.2) is 30.3 Å². The van der Waals surface area contributed by atoms with Crippen LogP contribution in [0.5, 0.6) is 0 Å². The molecule has 1 aromatic carbocycles. The lowest BCUT2D eigenvalue weighted by Gasteiger charge is -2.57. The number of ether oxygens (including phenoxy) is 2. The summed E-state index contributed by atoms with van der Waals surface area (Å²) in [5.41, 5.74) is -0.439. The van der Waals surface area contributed by atoms with Crippen LogP contribution >= 0.6 is 0 Å². The summed E-state index contributed by atoms with van der Waals surface area (Å²) in [5.74, 6) is -0.983. The number of fused-ring (bicyclic) bond motifs is 3. The normalized spacial score (nSPS) is 29.9. The minimum atomic E-state index is -1.28. The van der Waals surface area contributed by atoms with Gasteiger partial charge in [-0.25, -0.2) is 9.18 Å². The van der Waals surface area contributed by atoms with Crippen molar-refractivity contribution < 1.29 is 33.0 Å². The number of nitriles is 1. The van der Waals surface area contributed by atoms with Crippen LogP contribution in [0.2, 0.25) is 0 Å². The summed E-state index contributed by atoms with van der Waals surface area (Å²) in [6, 6.07) is 10.4. The van der Waals surface area contributed by atoms with Gasteiger partial charge in [-0.1, -0.05) is 30.3 Å². The van der Waals surface area contributed by atoms with E-state index in [4.69, 9.17) is 9.47 Å². The van der Waals surface area contributed by atoms with Crippen LogP contribution in [0.3, 0.4) is 0 Å². The number of amides is 3. The molecule has 2 bridgehead atoms. The van der Waals surface area contributed by atoms with E-state index in [1.54, 1.807) is 6.92 Å². The second-order valence-corrected chi connectivity index (χ2v) is 12.5. The molecular weight excluding hydrogens is 555 g/mol. The second kappa shape index (κ2) is 12.9. The van der Waals surface area contributed by atoms with Gasteiger partial charge in [0.05, 0.1) is 25.1 Å². The van der Waals surface area contributed by atoms with Gasteiger partial charge in [0, 0.05) is 30.5 Å². The molecule has 3 aliphatic carbocycles. The topological polar surface area (TPSA) is 120 Å². The van der Waals surface area contributed by atoms with Crippen molar-refractivity contribution in [3.05, 3.63) is 35.9 Å². The summed E-state index contributed by atoms with van der Waals surface area (Å²) in [4.78, 5) is 57.9. The van der Waals surface area contributed by atoms with Crippen molar-refractivity contribution in [3.63, 3.8) is 0 Å². The maximum absolute atomic E-state index is 14.1. The third-order valence-electron chi connectivity index (χ3n) is 10.00. The summed E-state index contributed by atoms with van der Waals surface area (Å²) < 4.78 is 25.1. The number of likely N-dealkylation sites (tertiary alicyclic amines) is 2. The van der Waals surface area contributed by atoms with Crippen molar-refractivity contribution in [2.24, 2.45) is 11.3 Å². The molecule has 0 radical (unpaired) electrons. The first kappa shape index (κ1) is 30.8. The Balaban J connectivity index is 1.30. The van der Waals surface area contributed by atoms with E-state index in [1.165, 1.54) is 9.80 Å². The summed E-state index contributed by atoms with van der Waals surface area (Å²) in [6.45, 7) is 2.62. The van der Waals surface area contributed by atoms with Gasteiger partial charge >= 0.3 is 12.1 Å². The minimum Gasteiger partial charge on any atom is -0.466 e. The van der Waals surface area contributed by atoms with Crippen LogP contribution in [0.25, 0.3) is 0 Å². The van der Waals surface area contributed by atoms with E-state index in [0.29, 0.717) is 64.6 Å². The Hall–Kier alpha value is -3.68. The van der Waals surface area contributed by atoms with Gasteiger partial charge < -0.3 is 19.3 Å². The van der Waals surface area contributed by atoms with E-state index in [0.717, 1.165) is 12.0 Å². The molecule has 232 valence electrons. The van der Waals surface area contributed by atoms with Crippen molar-refractivity contribution >= 4 is 23.9 Å². The Morgan fingerprint density at radius 1 is 1.05 bits per heavy atom. The van der Waals surface area contributed by atoms with Crippen molar-refractivity contribution in [1.29, 1.82) is 5.26 Å². The number of carbonyl (C=O) groups excluding carboxylic acids is 4. The number of rotatable bonds is 8. The lowest BCUT2D eigenvalue weighted by molar-refractivity contribution is -0.159. The number of carbonyl (C=O) groups is 4. The molecule has 11 heteroatoms. The molecule has 2 aliphatic heterocycles. The number of alkyl halides is 1. The monoisotopic (exact) mass is 596 g/mol. The molecule has 2 heterocycles. The zero-order chi connectivity index (χ0) is 30.6. The molecule has 0 spiro atoms. The fraction of sp³-hybridized carbons (Fsp3) is 0.656. The zero-order valence-electron chi connectivity index (χ0n) is 24.8. The van der Waals surface area contributed by atoms with Crippen LogP contribution in [0.4, 0.5) is 9.18 Å². The van der Waals surface area contributed by atoms with Crippen molar-refractivity contribution in [2.45, 2.75) is 89.1 Å². The second-order valence-electron chi connectivity index (χ2n) is 12.5. The molecule has 1 aromatic rings. The molecule has 3 amide bonds. The average Bonchev–Trinajstić information content (AvgIpc) is 3.44. The van der Waals surface area contributed by atoms with Gasteiger partial charge in [-0.3, -0.25) is 19.3 Å². The first-order chi connectivity index (χ1) is 20.7. The summed E-state index contributed by atoms with van der Waals surface area (Å²) in [5, 5.41) is 9.49.